The van der Waals surface area contributed by atoms with Gasteiger partial charge in [-0.2, -0.15) is 0 Å². The first-order valence-electron chi connectivity index (χ1n) is 7.82. The van der Waals surface area contributed by atoms with Gasteiger partial charge in [0.2, 0.25) is 0 Å². The molecule has 0 fully saturated rings. The average molecular weight is 384 g/mol. The summed E-state index contributed by atoms with van der Waals surface area (Å²) in [7, 11) is -3.24. The Balaban J connectivity index is 1.96. The van der Waals surface area contributed by atoms with Gasteiger partial charge in [-0.05, 0) is 29.8 Å². The number of benzene rings is 2. The maximum Gasteiger partial charge on any atom is 0.175 e. The minimum atomic E-state index is -3.24. The molecule has 0 radical (unpaired) electrons. The molecule has 2 heterocycles. The van der Waals surface area contributed by atoms with E-state index in [0.29, 0.717) is 10.8 Å². The summed E-state index contributed by atoms with van der Waals surface area (Å²) in [5.41, 5.74) is 3.37. The highest BCUT2D eigenvalue weighted by Gasteiger charge is 2.16. The number of sulfone groups is 1. The van der Waals surface area contributed by atoms with Crippen molar-refractivity contribution in [2.24, 2.45) is 0 Å². The minimum Gasteiger partial charge on any atom is -0.301 e. The SMILES string of the molecule is CS(=O)(=O)c1ccc(-n2cc(-c3ccccc3)c3c(Cl)ncnc32)cc1. The number of rotatable bonds is 3. The number of hydrogen-bond acceptors (Lipinski definition) is 4. The van der Waals surface area contributed by atoms with Crippen LogP contribution in [0.25, 0.3) is 27.8 Å². The number of halogens is 1. The smallest absolute Gasteiger partial charge is 0.175 e. The molecule has 0 aliphatic carbocycles. The van der Waals surface area contributed by atoms with Crippen LogP contribution in [0.15, 0.2) is 72.0 Å². The zero-order valence-electron chi connectivity index (χ0n) is 13.8. The summed E-state index contributed by atoms with van der Waals surface area (Å²) < 4.78 is 25.3. The molecule has 0 saturated heterocycles. The highest BCUT2D eigenvalue weighted by atomic mass is 35.5. The highest BCUT2D eigenvalue weighted by Crippen LogP contribution is 2.34. The van der Waals surface area contributed by atoms with Gasteiger partial charge in [0.05, 0.1) is 10.3 Å². The van der Waals surface area contributed by atoms with Gasteiger partial charge in [-0.3, -0.25) is 0 Å². The Labute approximate surface area is 155 Å². The van der Waals surface area contributed by atoms with Crippen LogP contribution in [0, 0.1) is 0 Å². The lowest BCUT2D eigenvalue weighted by Crippen LogP contribution is -1.99. The quantitative estimate of drug-likeness (QED) is 0.498. The molecule has 0 N–H and O–H groups in total. The molecule has 0 spiro atoms. The predicted molar refractivity (Wildman–Crippen MR) is 102 cm³/mol. The molecular formula is C19H14ClN3O2S. The molecule has 5 nitrogen and oxygen atoms in total. The summed E-state index contributed by atoms with van der Waals surface area (Å²) in [6.07, 6.45) is 4.55. The van der Waals surface area contributed by atoms with E-state index in [4.69, 9.17) is 11.6 Å². The molecule has 26 heavy (non-hydrogen) atoms. The van der Waals surface area contributed by atoms with Gasteiger partial charge in [0.15, 0.2) is 9.84 Å². The Morgan fingerprint density at radius 3 is 2.31 bits per heavy atom. The third-order valence-corrected chi connectivity index (χ3v) is 5.58. The lowest BCUT2D eigenvalue weighted by molar-refractivity contribution is 0.602. The maximum atomic E-state index is 11.7. The van der Waals surface area contributed by atoms with Crippen LogP contribution in [0.5, 0.6) is 0 Å². The standard InChI is InChI=1S/C19H14ClN3O2S/c1-26(24,25)15-9-7-14(8-10-15)23-11-16(13-5-3-2-4-6-13)17-18(20)21-12-22-19(17)23/h2-12H,1H3. The zero-order chi connectivity index (χ0) is 18.3. The number of fused-ring (bicyclic) bond motifs is 1. The van der Waals surface area contributed by atoms with Gasteiger partial charge in [0.1, 0.15) is 17.1 Å². The molecule has 4 aromatic rings. The number of aromatic nitrogens is 3. The fourth-order valence-corrected chi connectivity index (χ4v) is 3.77. The van der Waals surface area contributed by atoms with E-state index in [1.807, 2.05) is 41.1 Å². The van der Waals surface area contributed by atoms with Crippen molar-refractivity contribution in [3.05, 3.63) is 72.3 Å². The molecule has 2 aromatic carbocycles. The van der Waals surface area contributed by atoms with E-state index >= 15 is 0 Å². The Morgan fingerprint density at radius 2 is 1.65 bits per heavy atom. The molecular weight excluding hydrogens is 370 g/mol. The van der Waals surface area contributed by atoms with E-state index in [1.54, 1.807) is 24.3 Å². The van der Waals surface area contributed by atoms with Gasteiger partial charge in [0.25, 0.3) is 0 Å². The second-order valence-electron chi connectivity index (χ2n) is 5.91. The van der Waals surface area contributed by atoms with Crippen molar-refractivity contribution in [1.29, 1.82) is 0 Å². The van der Waals surface area contributed by atoms with Gasteiger partial charge in [-0.25, -0.2) is 18.4 Å². The van der Waals surface area contributed by atoms with Crippen LogP contribution in [-0.2, 0) is 9.84 Å². The summed E-state index contributed by atoms with van der Waals surface area (Å²) in [4.78, 5) is 8.77. The predicted octanol–water partition coefficient (Wildman–Crippen LogP) is 4.14. The van der Waals surface area contributed by atoms with Gasteiger partial charge in [-0.15, -0.1) is 0 Å². The van der Waals surface area contributed by atoms with Gasteiger partial charge >= 0.3 is 0 Å². The van der Waals surface area contributed by atoms with Crippen molar-refractivity contribution >= 4 is 32.5 Å². The van der Waals surface area contributed by atoms with Crippen molar-refractivity contribution in [2.45, 2.75) is 4.90 Å². The maximum absolute atomic E-state index is 11.7. The molecule has 0 amide bonds. The molecule has 0 aliphatic rings. The van der Waals surface area contributed by atoms with Crippen LogP contribution in [0.1, 0.15) is 0 Å². The Morgan fingerprint density at radius 1 is 0.962 bits per heavy atom. The summed E-state index contributed by atoms with van der Waals surface area (Å²) in [5.74, 6) is 0. The molecule has 7 heteroatoms. The summed E-state index contributed by atoms with van der Waals surface area (Å²) >= 11 is 6.35. The van der Waals surface area contributed by atoms with Crippen molar-refractivity contribution in [3.63, 3.8) is 0 Å². The fraction of sp³-hybridized carbons (Fsp3) is 0.0526. The van der Waals surface area contributed by atoms with E-state index in [1.165, 1.54) is 12.6 Å². The van der Waals surface area contributed by atoms with Crippen LogP contribution < -0.4 is 0 Å². The Hall–Kier alpha value is -2.70. The second kappa shape index (κ2) is 6.23. The van der Waals surface area contributed by atoms with Crippen molar-refractivity contribution in [1.82, 2.24) is 14.5 Å². The largest absolute Gasteiger partial charge is 0.301 e. The van der Waals surface area contributed by atoms with Crippen LogP contribution in [0.2, 0.25) is 5.15 Å². The van der Waals surface area contributed by atoms with Crippen LogP contribution >= 0.6 is 11.6 Å². The molecule has 0 saturated carbocycles. The average Bonchev–Trinajstić information content (AvgIpc) is 3.03. The normalized spacial score (nSPS) is 11.8. The third kappa shape index (κ3) is 2.87. The van der Waals surface area contributed by atoms with E-state index in [2.05, 4.69) is 9.97 Å². The van der Waals surface area contributed by atoms with E-state index in [0.717, 1.165) is 22.2 Å². The monoisotopic (exact) mass is 383 g/mol. The Bertz CT molecular complexity index is 1200. The van der Waals surface area contributed by atoms with E-state index < -0.39 is 9.84 Å². The molecule has 0 unspecified atom stereocenters. The van der Waals surface area contributed by atoms with E-state index in [-0.39, 0.29) is 4.90 Å². The van der Waals surface area contributed by atoms with Crippen molar-refractivity contribution < 1.29 is 8.42 Å². The molecule has 0 atom stereocenters. The van der Waals surface area contributed by atoms with Crippen LogP contribution in [0.4, 0.5) is 0 Å². The first-order chi connectivity index (χ1) is 12.4. The van der Waals surface area contributed by atoms with E-state index in [9.17, 15) is 8.42 Å². The summed E-state index contributed by atoms with van der Waals surface area (Å²) in [5, 5.41) is 1.13. The summed E-state index contributed by atoms with van der Waals surface area (Å²) in [6, 6.07) is 16.5. The van der Waals surface area contributed by atoms with Gasteiger partial charge in [-0.1, -0.05) is 41.9 Å². The molecule has 4 rings (SSSR count). The fourth-order valence-electron chi connectivity index (χ4n) is 2.91. The Kier molecular flexibility index (Phi) is 4.01. The van der Waals surface area contributed by atoms with Gasteiger partial charge in [0, 0.05) is 23.7 Å². The van der Waals surface area contributed by atoms with Crippen LogP contribution in [0.3, 0.4) is 0 Å². The first-order valence-corrected chi connectivity index (χ1v) is 10.1. The van der Waals surface area contributed by atoms with Crippen LogP contribution in [-0.4, -0.2) is 29.2 Å². The van der Waals surface area contributed by atoms with Gasteiger partial charge < -0.3 is 4.57 Å². The number of hydrogen-bond donors (Lipinski definition) is 0. The molecule has 0 bridgehead atoms. The lowest BCUT2D eigenvalue weighted by Gasteiger charge is -2.05. The first kappa shape index (κ1) is 16.8. The molecule has 0 aliphatic heterocycles. The molecule has 2 aromatic heterocycles. The third-order valence-electron chi connectivity index (χ3n) is 4.16. The number of nitrogens with zero attached hydrogens (tertiary/aromatic N) is 3. The second-order valence-corrected chi connectivity index (χ2v) is 8.28. The topological polar surface area (TPSA) is 64.8 Å². The summed E-state index contributed by atoms with van der Waals surface area (Å²) in [6.45, 7) is 0. The van der Waals surface area contributed by atoms with Crippen molar-refractivity contribution in [2.75, 3.05) is 6.26 Å². The lowest BCUT2D eigenvalue weighted by atomic mass is 10.1. The highest BCUT2D eigenvalue weighted by molar-refractivity contribution is 7.90. The zero-order valence-corrected chi connectivity index (χ0v) is 15.4. The molecule has 130 valence electrons. The van der Waals surface area contributed by atoms with Crippen molar-refractivity contribution in [3.8, 4) is 16.8 Å². The minimum absolute atomic E-state index is 0.272.